The van der Waals surface area contributed by atoms with E-state index in [0.717, 1.165) is 62.3 Å². The molecule has 7 heteroatoms. The van der Waals surface area contributed by atoms with Gasteiger partial charge in [0.2, 0.25) is 5.91 Å². The Hall–Kier alpha value is -2.41. The van der Waals surface area contributed by atoms with Gasteiger partial charge in [-0.1, -0.05) is 6.08 Å². The summed E-state index contributed by atoms with van der Waals surface area (Å²) in [6.45, 7) is 5.00. The van der Waals surface area contributed by atoms with E-state index in [0.29, 0.717) is 12.5 Å². The van der Waals surface area contributed by atoms with E-state index in [-0.39, 0.29) is 11.9 Å². The Balaban J connectivity index is 1.56. The molecule has 0 bridgehead atoms. The third kappa shape index (κ3) is 3.83. The number of amides is 1. The van der Waals surface area contributed by atoms with Crippen molar-refractivity contribution in [3.05, 3.63) is 30.2 Å². The number of nitrogens with one attached hydrogen (secondary N) is 2. The van der Waals surface area contributed by atoms with Crippen molar-refractivity contribution in [1.82, 2.24) is 19.9 Å². The van der Waals surface area contributed by atoms with E-state index >= 15 is 0 Å². The molecular formula is C20H27N5O2. The molecule has 2 aliphatic heterocycles. The molecule has 27 heavy (non-hydrogen) atoms. The average Bonchev–Trinajstić information content (AvgIpc) is 3.14. The van der Waals surface area contributed by atoms with Crippen LogP contribution in [-0.4, -0.2) is 58.1 Å². The summed E-state index contributed by atoms with van der Waals surface area (Å²) >= 11 is 0. The lowest BCUT2D eigenvalue weighted by molar-refractivity contribution is -0.127. The fourth-order valence-corrected chi connectivity index (χ4v) is 4.16. The molecule has 1 atom stereocenters. The van der Waals surface area contributed by atoms with E-state index in [1.165, 1.54) is 5.56 Å². The number of ether oxygens (including phenoxy) is 1. The third-order valence-electron chi connectivity index (χ3n) is 5.54. The summed E-state index contributed by atoms with van der Waals surface area (Å²) in [5.74, 6) is 1.42. The van der Waals surface area contributed by atoms with Crippen LogP contribution in [0.15, 0.2) is 24.7 Å². The van der Waals surface area contributed by atoms with Crippen LogP contribution in [-0.2, 0) is 9.53 Å². The lowest BCUT2D eigenvalue weighted by atomic mass is 9.92. The quantitative estimate of drug-likeness (QED) is 0.810. The zero-order valence-electron chi connectivity index (χ0n) is 15.8. The van der Waals surface area contributed by atoms with Crippen molar-refractivity contribution in [2.75, 3.05) is 31.6 Å². The van der Waals surface area contributed by atoms with E-state index in [2.05, 4.69) is 26.5 Å². The Kier molecular flexibility index (Phi) is 5.38. The molecular weight excluding hydrogens is 342 g/mol. The van der Waals surface area contributed by atoms with Crippen molar-refractivity contribution in [3.8, 4) is 0 Å². The van der Waals surface area contributed by atoms with Crippen LogP contribution in [0.5, 0.6) is 0 Å². The van der Waals surface area contributed by atoms with Crippen LogP contribution in [0.1, 0.15) is 44.1 Å². The molecule has 4 heterocycles. The molecule has 7 nitrogen and oxygen atoms in total. The van der Waals surface area contributed by atoms with Gasteiger partial charge in [0.05, 0.1) is 5.39 Å². The maximum atomic E-state index is 12.2. The highest BCUT2D eigenvalue weighted by Gasteiger charge is 2.25. The van der Waals surface area contributed by atoms with Gasteiger partial charge in [0.15, 0.2) is 0 Å². The van der Waals surface area contributed by atoms with Gasteiger partial charge < -0.3 is 19.9 Å². The number of aromatic nitrogens is 3. The molecule has 0 unspecified atom stereocenters. The minimum absolute atomic E-state index is 0.0846. The Morgan fingerprint density at radius 2 is 2.19 bits per heavy atom. The number of nitrogens with zero attached hydrogens (tertiary/aromatic N) is 3. The molecule has 144 valence electrons. The molecule has 4 rings (SSSR count). The van der Waals surface area contributed by atoms with Gasteiger partial charge in [-0.3, -0.25) is 4.79 Å². The van der Waals surface area contributed by atoms with Crippen LogP contribution < -0.4 is 5.32 Å². The Bertz CT molecular complexity index is 825. The topological polar surface area (TPSA) is 83.1 Å². The molecule has 1 amide bonds. The van der Waals surface area contributed by atoms with Gasteiger partial charge in [0.1, 0.15) is 17.8 Å². The lowest BCUT2D eigenvalue weighted by Gasteiger charge is -2.33. The summed E-state index contributed by atoms with van der Waals surface area (Å²) in [6.07, 6.45) is 11.2. The first-order valence-electron chi connectivity index (χ1n) is 9.84. The second-order valence-corrected chi connectivity index (χ2v) is 7.34. The van der Waals surface area contributed by atoms with Crippen molar-refractivity contribution in [1.29, 1.82) is 0 Å². The van der Waals surface area contributed by atoms with E-state index in [1.54, 1.807) is 18.5 Å². The second-order valence-electron chi connectivity index (χ2n) is 7.34. The molecule has 2 fully saturated rings. The number of anilines is 1. The normalized spacial score (nSPS) is 21.8. The van der Waals surface area contributed by atoms with Crippen LogP contribution in [0, 0.1) is 0 Å². The first-order valence-corrected chi connectivity index (χ1v) is 9.84. The number of hydrogen-bond donors (Lipinski definition) is 2. The summed E-state index contributed by atoms with van der Waals surface area (Å²) in [6, 6.07) is 0.198. The van der Waals surface area contributed by atoms with Crippen LogP contribution in [0.2, 0.25) is 0 Å². The first-order chi connectivity index (χ1) is 13.3. The van der Waals surface area contributed by atoms with E-state index in [9.17, 15) is 4.79 Å². The second kappa shape index (κ2) is 8.08. The molecule has 0 radical (unpaired) electrons. The minimum Gasteiger partial charge on any atom is -0.381 e. The van der Waals surface area contributed by atoms with Crippen molar-refractivity contribution in [3.63, 3.8) is 0 Å². The molecule has 2 aromatic heterocycles. The Morgan fingerprint density at radius 1 is 1.33 bits per heavy atom. The number of H-pyrrole nitrogens is 1. The van der Waals surface area contributed by atoms with Crippen molar-refractivity contribution >= 4 is 22.8 Å². The highest BCUT2D eigenvalue weighted by atomic mass is 16.5. The monoisotopic (exact) mass is 369 g/mol. The largest absolute Gasteiger partial charge is 0.381 e. The smallest absolute Gasteiger partial charge is 0.246 e. The minimum atomic E-state index is 0.0846. The van der Waals surface area contributed by atoms with E-state index in [1.807, 2.05) is 11.8 Å². The van der Waals surface area contributed by atoms with Gasteiger partial charge in [0.25, 0.3) is 0 Å². The molecule has 0 aromatic carbocycles. The molecule has 0 spiro atoms. The summed E-state index contributed by atoms with van der Waals surface area (Å²) in [4.78, 5) is 26.4. The van der Waals surface area contributed by atoms with Gasteiger partial charge in [-0.05, 0) is 50.2 Å². The van der Waals surface area contributed by atoms with Crippen LogP contribution in [0.4, 0.5) is 5.82 Å². The number of rotatable bonds is 4. The third-order valence-corrected chi connectivity index (χ3v) is 5.54. The molecule has 2 aromatic rings. The summed E-state index contributed by atoms with van der Waals surface area (Å²) in [7, 11) is 0. The van der Waals surface area contributed by atoms with Crippen molar-refractivity contribution in [2.24, 2.45) is 0 Å². The summed E-state index contributed by atoms with van der Waals surface area (Å²) in [5, 5.41) is 4.68. The average molecular weight is 369 g/mol. The molecule has 2 N–H and O–H groups in total. The van der Waals surface area contributed by atoms with E-state index in [4.69, 9.17) is 4.74 Å². The number of allylic oxidation sites excluding steroid dienone is 1. The van der Waals surface area contributed by atoms with E-state index < -0.39 is 0 Å². The van der Waals surface area contributed by atoms with Crippen molar-refractivity contribution in [2.45, 2.75) is 44.6 Å². The molecule has 2 aliphatic rings. The summed E-state index contributed by atoms with van der Waals surface area (Å²) < 4.78 is 5.52. The fourth-order valence-electron chi connectivity index (χ4n) is 4.16. The van der Waals surface area contributed by atoms with Crippen LogP contribution in [0.25, 0.3) is 11.0 Å². The zero-order valence-corrected chi connectivity index (χ0v) is 15.8. The number of carbonyl (C=O) groups excluding carboxylic acids is 1. The Labute approximate surface area is 159 Å². The van der Waals surface area contributed by atoms with Crippen LogP contribution >= 0.6 is 0 Å². The van der Waals surface area contributed by atoms with Gasteiger partial charge in [-0.25, -0.2) is 9.97 Å². The first kappa shape index (κ1) is 18.0. The fraction of sp³-hybridized carbons (Fsp3) is 0.550. The highest BCUT2D eigenvalue weighted by Crippen LogP contribution is 2.35. The van der Waals surface area contributed by atoms with Gasteiger partial charge >= 0.3 is 0 Å². The molecule has 0 saturated carbocycles. The number of hydrogen-bond acceptors (Lipinski definition) is 5. The van der Waals surface area contributed by atoms with Gasteiger partial charge in [-0.2, -0.15) is 0 Å². The number of piperidine rings is 1. The number of carbonyl (C=O) groups is 1. The maximum Gasteiger partial charge on any atom is 0.246 e. The standard InChI is InChI=1S/C20H27N5O2/c1-2-4-17(26)25-8-3-5-15(12-25)24-20-18-16(14-6-9-27-10-7-14)11-21-19(18)22-13-23-20/h2,4,11,13-15H,3,5-10,12H2,1H3,(H2,21,22,23,24)/b4-2+/t15-/m1/s1. The predicted octanol–water partition coefficient (Wildman–Crippen LogP) is 2.83. The van der Waals surface area contributed by atoms with Crippen LogP contribution in [0.3, 0.4) is 0 Å². The highest BCUT2D eigenvalue weighted by molar-refractivity contribution is 5.91. The van der Waals surface area contributed by atoms with Gasteiger partial charge in [0, 0.05) is 38.5 Å². The molecule has 0 aliphatic carbocycles. The lowest BCUT2D eigenvalue weighted by Crippen LogP contribution is -2.44. The molecule has 2 saturated heterocycles. The zero-order chi connectivity index (χ0) is 18.6. The number of fused-ring (bicyclic) bond motifs is 1. The SMILES string of the molecule is C/C=C/C(=O)N1CCC[C@@H](Nc2ncnc3[nH]cc(C4CCOCC4)c23)C1. The number of likely N-dealkylation sites (tertiary alicyclic amines) is 1. The van der Waals surface area contributed by atoms with Crippen molar-refractivity contribution < 1.29 is 9.53 Å². The number of aromatic amines is 1. The van der Waals surface area contributed by atoms with Gasteiger partial charge in [-0.15, -0.1) is 0 Å². The Morgan fingerprint density at radius 3 is 3.00 bits per heavy atom. The maximum absolute atomic E-state index is 12.2. The predicted molar refractivity (Wildman–Crippen MR) is 105 cm³/mol. The summed E-state index contributed by atoms with van der Waals surface area (Å²) in [5.41, 5.74) is 2.14.